The first-order valence-electron chi connectivity index (χ1n) is 9.89. The first-order chi connectivity index (χ1) is 15.1. The van der Waals surface area contributed by atoms with Gasteiger partial charge >= 0.3 is 5.97 Å². The molecule has 0 spiro atoms. The van der Waals surface area contributed by atoms with E-state index in [-0.39, 0.29) is 5.56 Å². The van der Waals surface area contributed by atoms with Crippen LogP contribution in [0.2, 0.25) is 0 Å². The number of rotatable bonds is 6. The Morgan fingerprint density at radius 2 is 1.41 bits per heavy atom. The Morgan fingerprint density at radius 1 is 0.875 bits per heavy atom. The maximum absolute atomic E-state index is 13.8. The molecular weight excluding hydrogens is 411 g/mol. The van der Waals surface area contributed by atoms with Crippen molar-refractivity contribution in [2.24, 2.45) is 0 Å². The van der Waals surface area contributed by atoms with Crippen LogP contribution in [-0.4, -0.2) is 40.4 Å². The van der Waals surface area contributed by atoms with Crippen LogP contribution in [0.4, 0.5) is 10.1 Å². The van der Waals surface area contributed by atoms with Crippen molar-refractivity contribution in [1.82, 2.24) is 4.90 Å². The zero-order valence-corrected chi connectivity index (χ0v) is 17.9. The number of carbonyl (C=O) groups excluding carboxylic acids is 2. The van der Waals surface area contributed by atoms with Gasteiger partial charge in [-0.15, -0.1) is 0 Å². The Morgan fingerprint density at radius 3 is 1.94 bits per heavy atom. The van der Waals surface area contributed by atoms with Crippen molar-refractivity contribution in [1.29, 1.82) is 0 Å². The molecule has 3 rings (SSSR count). The minimum atomic E-state index is -1.33. The van der Waals surface area contributed by atoms with Crippen molar-refractivity contribution in [2.75, 3.05) is 12.4 Å². The quantitative estimate of drug-likeness (QED) is 0.590. The van der Waals surface area contributed by atoms with E-state index in [0.717, 1.165) is 11.1 Å². The Hall–Kier alpha value is -4.00. The number of halogens is 1. The summed E-state index contributed by atoms with van der Waals surface area (Å²) in [5.41, 5.74) is 1.22. The van der Waals surface area contributed by atoms with Gasteiger partial charge in [-0.25, -0.2) is 9.18 Å². The highest BCUT2D eigenvalue weighted by Gasteiger charge is 2.35. The van der Waals surface area contributed by atoms with Crippen molar-refractivity contribution in [3.63, 3.8) is 0 Å². The lowest BCUT2D eigenvalue weighted by atomic mass is 10.0. The van der Waals surface area contributed by atoms with E-state index >= 15 is 0 Å². The summed E-state index contributed by atoms with van der Waals surface area (Å²) in [6.45, 7) is 2.93. The van der Waals surface area contributed by atoms with E-state index in [1.165, 1.54) is 44.0 Å². The molecule has 0 aliphatic carbocycles. The van der Waals surface area contributed by atoms with Crippen LogP contribution in [0.5, 0.6) is 0 Å². The van der Waals surface area contributed by atoms with E-state index in [2.05, 4.69) is 5.32 Å². The summed E-state index contributed by atoms with van der Waals surface area (Å²) in [5.74, 6) is -2.61. The number of nitrogens with zero attached hydrogens (tertiary/aromatic N) is 1. The molecular formula is C25H23FN2O4. The van der Waals surface area contributed by atoms with Gasteiger partial charge in [0.25, 0.3) is 11.8 Å². The molecule has 32 heavy (non-hydrogen) atoms. The van der Waals surface area contributed by atoms with E-state index in [1.54, 1.807) is 54.6 Å². The third-order valence-electron chi connectivity index (χ3n) is 5.39. The highest BCUT2D eigenvalue weighted by molar-refractivity contribution is 6.04. The SMILES string of the molecule is CN(C(=O)c1ccc(-c2ccc(NC(=O)c3ccccc3F)cc2)cc1)C(C)(C)C(=O)O. The molecule has 0 heterocycles. The standard InChI is InChI=1S/C25H23FN2O4/c1-25(2,24(31)32)28(3)23(30)18-10-8-16(9-11-18)17-12-14-19(15-13-17)27-22(29)20-6-4-5-7-21(20)26/h4-15H,1-3H3,(H,27,29)(H,31,32). The second kappa shape index (κ2) is 9.01. The number of likely N-dealkylation sites (N-methyl/N-ethyl adjacent to an activating group) is 1. The Labute approximate surface area is 185 Å². The fourth-order valence-corrected chi connectivity index (χ4v) is 2.99. The number of aliphatic carboxylic acids is 1. The van der Waals surface area contributed by atoms with Gasteiger partial charge in [0, 0.05) is 18.3 Å². The lowest BCUT2D eigenvalue weighted by molar-refractivity contribution is -0.147. The van der Waals surface area contributed by atoms with Crippen LogP contribution in [-0.2, 0) is 4.79 Å². The average Bonchev–Trinajstić information content (AvgIpc) is 2.78. The van der Waals surface area contributed by atoms with Crippen LogP contribution in [0.15, 0.2) is 72.8 Å². The van der Waals surface area contributed by atoms with Gasteiger partial charge in [0.2, 0.25) is 0 Å². The van der Waals surface area contributed by atoms with Crippen LogP contribution < -0.4 is 5.32 Å². The minimum absolute atomic E-state index is 0.0344. The van der Waals surface area contributed by atoms with Crippen LogP contribution >= 0.6 is 0 Å². The monoisotopic (exact) mass is 434 g/mol. The number of hydrogen-bond donors (Lipinski definition) is 2. The summed E-state index contributed by atoms with van der Waals surface area (Å²) >= 11 is 0. The number of anilines is 1. The van der Waals surface area contributed by atoms with Gasteiger partial charge in [-0.3, -0.25) is 9.59 Å². The molecule has 0 fully saturated rings. The molecule has 0 saturated heterocycles. The van der Waals surface area contributed by atoms with Crippen LogP contribution in [0, 0.1) is 5.82 Å². The van der Waals surface area contributed by atoms with Crippen LogP contribution in [0.3, 0.4) is 0 Å². The lowest BCUT2D eigenvalue weighted by Crippen LogP contribution is -2.50. The Balaban J connectivity index is 1.72. The zero-order valence-electron chi connectivity index (χ0n) is 17.9. The summed E-state index contributed by atoms with van der Waals surface area (Å²) < 4.78 is 13.8. The maximum Gasteiger partial charge on any atom is 0.329 e. The summed E-state index contributed by atoms with van der Waals surface area (Å²) in [6.07, 6.45) is 0. The van der Waals surface area contributed by atoms with Gasteiger partial charge in [-0.1, -0.05) is 36.4 Å². The van der Waals surface area contributed by atoms with E-state index in [9.17, 15) is 23.9 Å². The number of carbonyl (C=O) groups is 3. The number of amides is 2. The number of nitrogens with one attached hydrogen (secondary N) is 1. The smallest absolute Gasteiger partial charge is 0.329 e. The fraction of sp³-hybridized carbons (Fsp3) is 0.160. The van der Waals surface area contributed by atoms with E-state index in [0.29, 0.717) is 11.3 Å². The van der Waals surface area contributed by atoms with Gasteiger partial charge in [-0.2, -0.15) is 0 Å². The lowest BCUT2D eigenvalue weighted by Gasteiger charge is -2.31. The molecule has 164 valence electrons. The van der Waals surface area contributed by atoms with Crippen molar-refractivity contribution in [3.8, 4) is 11.1 Å². The van der Waals surface area contributed by atoms with Gasteiger partial charge in [-0.05, 0) is 61.4 Å². The highest BCUT2D eigenvalue weighted by Crippen LogP contribution is 2.24. The molecule has 6 nitrogen and oxygen atoms in total. The Kier molecular flexibility index (Phi) is 6.39. The molecule has 2 N–H and O–H groups in total. The first kappa shape index (κ1) is 22.7. The normalized spacial score (nSPS) is 11.0. The predicted molar refractivity (Wildman–Crippen MR) is 120 cm³/mol. The number of hydrogen-bond acceptors (Lipinski definition) is 3. The van der Waals surface area contributed by atoms with Crippen molar-refractivity contribution in [3.05, 3.63) is 89.7 Å². The number of benzene rings is 3. The molecule has 0 unspecified atom stereocenters. The second-order valence-corrected chi connectivity index (χ2v) is 7.82. The van der Waals surface area contributed by atoms with Crippen LogP contribution in [0.25, 0.3) is 11.1 Å². The van der Waals surface area contributed by atoms with E-state index in [1.807, 2.05) is 0 Å². The molecule has 0 radical (unpaired) electrons. The summed E-state index contributed by atoms with van der Waals surface area (Å²) in [7, 11) is 1.46. The molecule has 7 heteroatoms. The second-order valence-electron chi connectivity index (χ2n) is 7.82. The summed E-state index contributed by atoms with van der Waals surface area (Å²) in [4.78, 5) is 37.4. The molecule has 3 aromatic carbocycles. The zero-order chi connectivity index (χ0) is 23.5. The molecule has 3 aromatic rings. The molecule has 0 bridgehead atoms. The molecule has 0 aliphatic heterocycles. The molecule has 0 aliphatic rings. The predicted octanol–water partition coefficient (Wildman–Crippen LogP) is 4.68. The fourth-order valence-electron chi connectivity index (χ4n) is 2.99. The maximum atomic E-state index is 13.8. The third kappa shape index (κ3) is 4.67. The minimum Gasteiger partial charge on any atom is -0.480 e. The molecule has 0 saturated carbocycles. The number of carboxylic acid groups (broad SMARTS) is 1. The van der Waals surface area contributed by atoms with Crippen LogP contribution in [0.1, 0.15) is 34.6 Å². The Bertz CT molecular complexity index is 1160. The molecule has 0 aromatic heterocycles. The van der Waals surface area contributed by atoms with Gasteiger partial charge in [0.1, 0.15) is 11.4 Å². The average molecular weight is 434 g/mol. The molecule has 2 amide bonds. The van der Waals surface area contributed by atoms with Gasteiger partial charge in [0.05, 0.1) is 5.56 Å². The topological polar surface area (TPSA) is 86.7 Å². The molecule has 0 atom stereocenters. The summed E-state index contributed by atoms with van der Waals surface area (Å²) in [5, 5.41) is 12.0. The van der Waals surface area contributed by atoms with Gasteiger partial charge < -0.3 is 15.3 Å². The van der Waals surface area contributed by atoms with Crippen molar-refractivity contribution >= 4 is 23.5 Å². The highest BCUT2D eigenvalue weighted by atomic mass is 19.1. The summed E-state index contributed by atoms with van der Waals surface area (Å²) in [6, 6.07) is 19.6. The third-order valence-corrected chi connectivity index (χ3v) is 5.39. The van der Waals surface area contributed by atoms with E-state index in [4.69, 9.17) is 0 Å². The van der Waals surface area contributed by atoms with E-state index < -0.39 is 29.1 Å². The van der Waals surface area contributed by atoms with Gasteiger partial charge in [0.15, 0.2) is 0 Å². The first-order valence-corrected chi connectivity index (χ1v) is 9.89. The number of carboxylic acids is 1. The largest absolute Gasteiger partial charge is 0.480 e. The van der Waals surface area contributed by atoms with Crippen molar-refractivity contribution in [2.45, 2.75) is 19.4 Å². The van der Waals surface area contributed by atoms with Crippen molar-refractivity contribution < 1.29 is 23.9 Å².